The van der Waals surface area contributed by atoms with Crippen LogP contribution in [0.1, 0.15) is 22.8 Å². The Morgan fingerprint density at radius 3 is 2.55 bits per heavy atom. The molecule has 0 atom stereocenters. The molecular weight excluding hydrogens is 350 g/mol. The number of nitro benzene ring substituents is 1. The molecule has 0 bridgehead atoms. The first-order valence-electron chi connectivity index (χ1n) is 6.32. The minimum atomic E-state index is -0.549. The molecule has 112 valence electrons. The first kappa shape index (κ1) is 15.8. The molecule has 1 amide bonds. The molecule has 0 spiro atoms. The first-order valence-corrected chi connectivity index (χ1v) is 7.11. The smallest absolute Gasteiger partial charge is 0.267 e. The van der Waals surface area contributed by atoms with Gasteiger partial charge in [0.2, 0.25) is 0 Å². The van der Waals surface area contributed by atoms with Gasteiger partial charge in [0.1, 0.15) is 0 Å². The third kappa shape index (κ3) is 3.98. The number of benzene rings is 2. The Balaban J connectivity index is 2.13. The lowest BCUT2D eigenvalue weighted by Gasteiger charge is -2.03. The number of rotatable bonds is 4. The topological polar surface area (TPSA) is 84.6 Å². The zero-order valence-electron chi connectivity index (χ0n) is 11.6. The van der Waals surface area contributed by atoms with Gasteiger partial charge in [0.15, 0.2) is 0 Å². The fraction of sp³-hybridized carbons (Fsp3) is 0.0667. The maximum absolute atomic E-state index is 12.0. The van der Waals surface area contributed by atoms with Crippen LogP contribution in [0.25, 0.3) is 0 Å². The summed E-state index contributed by atoms with van der Waals surface area (Å²) in [7, 11) is 0. The molecule has 0 aliphatic rings. The number of hydrogen-bond acceptors (Lipinski definition) is 4. The maximum atomic E-state index is 12.0. The van der Waals surface area contributed by atoms with Crippen molar-refractivity contribution in [3.63, 3.8) is 0 Å². The molecule has 2 rings (SSSR count). The van der Waals surface area contributed by atoms with Crippen molar-refractivity contribution in [2.45, 2.75) is 6.92 Å². The largest absolute Gasteiger partial charge is 0.271 e. The van der Waals surface area contributed by atoms with Gasteiger partial charge in [-0.25, -0.2) is 5.43 Å². The van der Waals surface area contributed by atoms with Crippen molar-refractivity contribution in [2.24, 2.45) is 5.10 Å². The van der Waals surface area contributed by atoms with E-state index in [-0.39, 0.29) is 11.3 Å². The van der Waals surface area contributed by atoms with Crippen molar-refractivity contribution >= 4 is 33.2 Å². The highest BCUT2D eigenvalue weighted by molar-refractivity contribution is 9.10. The van der Waals surface area contributed by atoms with Gasteiger partial charge in [0, 0.05) is 22.2 Å². The van der Waals surface area contributed by atoms with Crippen molar-refractivity contribution < 1.29 is 9.72 Å². The lowest BCUT2D eigenvalue weighted by atomic mass is 10.1. The summed E-state index contributed by atoms with van der Waals surface area (Å²) in [6.07, 6.45) is 0. The average Bonchev–Trinajstić information content (AvgIpc) is 2.52. The molecule has 2 aromatic carbocycles. The zero-order chi connectivity index (χ0) is 16.1. The number of non-ortho nitro benzene ring substituents is 1. The predicted octanol–water partition coefficient (Wildman–Crippen LogP) is 3.51. The normalized spacial score (nSPS) is 11.1. The summed E-state index contributed by atoms with van der Waals surface area (Å²) >= 11 is 3.36. The lowest BCUT2D eigenvalue weighted by Crippen LogP contribution is -2.19. The Bertz CT molecular complexity index is 759. The summed E-state index contributed by atoms with van der Waals surface area (Å²) in [5.74, 6) is -0.502. The van der Waals surface area contributed by atoms with Crippen LogP contribution >= 0.6 is 15.9 Å². The van der Waals surface area contributed by atoms with Crippen LogP contribution in [0.2, 0.25) is 0 Å². The van der Waals surface area contributed by atoms with Crippen LogP contribution < -0.4 is 5.43 Å². The fourth-order valence-corrected chi connectivity index (χ4v) is 2.14. The first-order chi connectivity index (χ1) is 10.5. The second-order valence-corrected chi connectivity index (χ2v) is 5.37. The Hall–Kier alpha value is -2.54. The molecule has 0 fully saturated rings. The van der Waals surface area contributed by atoms with Crippen LogP contribution in [0.3, 0.4) is 0 Å². The molecule has 0 heterocycles. The molecule has 22 heavy (non-hydrogen) atoms. The van der Waals surface area contributed by atoms with Crippen LogP contribution in [-0.2, 0) is 0 Å². The van der Waals surface area contributed by atoms with E-state index in [9.17, 15) is 14.9 Å². The summed E-state index contributed by atoms with van der Waals surface area (Å²) in [4.78, 5) is 22.1. The van der Waals surface area contributed by atoms with Crippen molar-refractivity contribution in [1.29, 1.82) is 0 Å². The van der Waals surface area contributed by atoms with Gasteiger partial charge in [-0.1, -0.05) is 34.1 Å². The van der Waals surface area contributed by atoms with Gasteiger partial charge in [0.25, 0.3) is 11.6 Å². The van der Waals surface area contributed by atoms with Crippen molar-refractivity contribution in [1.82, 2.24) is 5.43 Å². The van der Waals surface area contributed by atoms with Gasteiger partial charge in [-0.15, -0.1) is 0 Å². The van der Waals surface area contributed by atoms with E-state index in [1.807, 2.05) is 24.3 Å². The van der Waals surface area contributed by atoms with Crippen molar-refractivity contribution in [3.05, 3.63) is 74.2 Å². The molecule has 0 saturated heterocycles. The van der Waals surface area contributed by atoms with E-state index in [0.29, 0.717) is 5.71 Å². The van der Waals surface area contributed by atoms with Crippen LogP contribution in [0.5, 0.6) is 0 Å². The summed E-state index contributed by atoms with van der Waals surface area (Å²) in [5, 5.41) is 14.7. The van der Waals surface area contributed by atoms with Gasteiger partial charge in [-0.3, -0.25) is 14.9 Å². The highest BCUT2D eigenvalue weighted by atomic mass is 79.9. The molecule has 2 aromatic rings. The average molecular weight is 362 g/mol. The quantitative estimate of drug-likeness (QED) is 0.513. The maximum Gasteiger partial charge on any atom is 0.271 e. The van der Waals surface area contributed by atoms with Gasteiger partial charge < -0.3 is 0 Å². The summed E-state index contributed by atoms with van der Waals surface area (Å²) in [6.45, 7) is 1.76. The van der Waals surface area contributed by atoms with E-state index in [0.717, 1.165) is 10.0 Å². The fourth-order valence-electron chi connectivity index (χ4n) is 1.74. The van der Waals surface area contributed by atoms with Crippen LogP contribution in [-0.4, -0.2) is 16.5 Å². The molecular formula is C15H12BrN3O3. The lowest BCUT2D eigenvalue weighted by molar-refractivity contribution is -0.384. The summed E-state index contributed by atoms with van der Waals surface area (Å²) in [5.41, 5.74) is 3.92. The van der Waals surface area contributed by atoms with Gasteiger partial charge in [-0.2, -0.15) is 5.10 Å². The van der Waals surface area contributed by atoms with Gasteiger partial charge in [-0.05, 0) is 30.7 Å². The molecule has 0 aliphatic heterocycles. The Kier molecular flexibility index (Phi) is 5.00. The number of hydrazone groups is 1. The number of amides is 1. The Labute approximate surface area is 135 Å². The molecule has 7 heteroatoms. The number of carbonyl (C=O) groups is 1. The number of nitro groups is 1. The van der Waals surface area contributed by atoms with E-state index >= 15 is 0 Å². The van der Waals surface area contributed by atoms with E-state index in [4.69, 9.17) is 0 Å². The highest BCUT2D eigenvalue weighted by Crippen LogP contribution is 2.14. The molecule has 0 radical (unpaired) electrons. The molecule has 0 aliphatic carbocycles. The van der Waals surface area contributed by atoms with E-state index < -0.39 is 10.8 Å². The number of nitrogens with zero attached hydrogens (tertiary/aromatic N) is 2. The molecule has 6 nitrogen and oxygen atoms in total. The molecule has 0 saturated carbocycles. The highest BCUT2D eigenvalue weighted by Gasteiger charge is 2.11. The molecule has 1 N–H and O–H groups in total. The van der Waals surface area contributed by atoms with Gasteiger partial charge >= 0.3 is 0 Å². The van der Waals surface area contributed by atoms with E-state index in [1.165, 1.54) is 24.3 Å². The number of nitrogens with one attached hydrogen (secondary N) is 1. The van der Waals surface area contributed by atoms with Crippen LogP contribution in [0.15, 0.2) is 58.1 Å². The summed E-state index contributed by atoms with van der Waals surface area (Å²) < 4.78 is 0.907. The third-order valence-corrected chi connectivity index (χ3v) is 3.38. The number of halogens is 1. The SMILES string of the molecule is CC(=NNC(=O)c1cccc([N+](=O)[O-])c1)c1cccc(Br)c1. The van der Waals surface area contributed by atoms with Gasteiger partial charge in [0.05, 0.1) is 10.6 Å². The van der Waals surface area contributed by atoms with Crippen LogP contribution in [0.4, 0.5) is 5.69 Å². The second-order valence-electron chi connectivity index (χ2n) is 4.46. The van der Waals surface area contributed by atoms with Crippen LogP contribution in [0, 0.1) is 10.1 Å². The van der Waals surface area contributed by atoms with Crippen molar-refractivity contribution in [3.8, 4) is 0 Å². The summed E-state index contributed by atoms with van der Waals surface area (Å²) in [6, 6.07) is 13.0. The minimum Gasteiger partial charge on any atom is -0.267 e. The van der Waals surface area contributed by atoms with E-state index in [1.54, 1.807) is 6.92 Å². The molecule has 0 unspecified atom stereocenters. The van der Waals surface area contributed by atoms with E-state index in [2.05, 4.69) is 26.5 Å². The predicted molar refractivity (Wildman–Crippen MR) is 86.9 cm³/mol. The Morgan fingerprint density at radius 1 is 1.18 bits per heavy atom. The Morgan fingerprint density at radius 2 is 1.86 bits per heavy atom. The minimum absolute atomic E-state index is 0.139. The zero-order valence-corrected chi connectivity index (χ0v) is 13.2. The molecule has 0 aromatic heterocycles. The number of hydrogen-bond donors (Lipinski definition) is 1. The second kappa shape index (κ2) is 6.95. The van der Waals surface area contributed by atoms with Crippen molar-refractivity contribution in [2.75, 3.05) is 0 Å². The number of carbonyl (C=O) groups excluding carboxylic acids is 1. The third-order valence-electron chi connectivity index (χ3n) is 2.89. The standard InChI is InChI=1S/C15H12BrN3O3/c1-10(11-4-2-6-13(16)8-11)17-18-15(20)12-5-3-7-14(9-12)19(21)22/h2-9H,1H3,(H,18,20). The monoisotopic (exact) mass is 361 g/mol.